The van der Waals surface area contributed by atoms with Crippen molar-refractivity contribution in [2.24, 2.45) is 0 Å². The van der Waals surface area contributed by atoms with Crippen molar-refractivity contribution >= 4 is 0 Å². The Labute approximate surface area is 97.2 Å². The second-order valence-electron chi connectivity index (χ2n) is 5.26. The summed E-state index contributed by atoms with van der Waals surface area (Å²) in [4.78, 5) is 0. The average Bonchev–Trinajstić information content (AvgIpc) is 2.82. The summed E-state index contributed by atoms with van der Waals surface area (Å²) in [7, 11) is 0. The van der Waals surface area contributed by atoms with Crippen molar-refractivity contribution < 1.29 is 0 Å². The van der Waals surface area contributed by atoms with Gasteiger partial charge < -0.3 is 5.32 Å². The first-order valence-electron chi connectivity index (χ1n) is 6.54. The summed E-state index contributed by atoms with van der Waals surface area (Å²) in [6.45, 7) is 7.75. The van der Waals surface area contributed by atoms with E-state index < -0.39 is 0 Å². The SMILES string of the molecule is CCn1nc(C)c2c1C1(CCNCC1)CC2. The Hall–Kier alpha value is -0.830. The Morgan fingerprint density at radius 1 is 1.31 bits per heavy atom. The maximum Gasteiger partial charge on any atom is 0.0628 e. The third kappa shape index (κ3) is 1.27. The molecule has 1 aromatic rings. The first kappa shape index (κ1) is 10.3. The van der Waals surface area contributed by atoms with Gasteiger partial charge in [-0.15, -0.1) is 0 Å². The second-order valence-corrected chi connectivity index (χ2v) is 5.26. The molecule has 1 aromatic heterocycles. The minimum Gasteiger partial charge on any atom is -0.317 e. The summed E-state index contributed by atoms with van der Waals surface area (Å²) in [6.07, 6.45) is 5.19. The molecule has 16 heavy (non-hydrogen) atoms. The van der Waals surface area contributed by atoms with Gasteiger partial charge in [0.25, 0.3) is 0 Å². The molecule has 1 fully saturated rings. The van der Waals surface area contributed by atoms with E-state index >= 15 is 0 Å². The number of aromatic nitrogens is 2. The smallest absolute Gasteiger partial charge is 0.0628 e. The molecule has 3 heteroatoms. The fourth-order valence-corrected chi connectivity index (χ4v) is 3.62. The third-order valence-electron chi connectivity index (χ3n) is 4.47. The van der Waals surface area contributed by atoms with Crippen LogP contribution in [0, 0.1) is 6.92 Å². The first-order valence-corrected chi connectivity index (χ1v) is 6.54. The zero-order valence-electron chi connectivity index (χ0n) is 10.3. The maximum absolute atomic E-state index is 4.70. The molecule has 88 valence electrons. The Morgan fingerprint density at radius 2 is 2.06 bits per heavy atom. The predicted octanol–water partition coefficient (Wildman–Crippen LogP) is 1.78. The molecular weight excluding hydrogens is 198 g/mol. The van der Waals surface area contributed by atoms with Crippen LogP contribution in [0.15, 0.2) is 0 Å². The number of hydrogen-bond acceptors (Lipinski definition) is 2. The molecule has 1 saturated heterocycles. The van der Waals surface area contributed by atoms with E-state index in [4.69, 9.17) is 5.10 Å². The van der Waals surface area contributed by atoms with Gasteiger partial charge in [-0.3, -0.25) is 4.68 Å². The first-order chi connectivity index (χ1) is 7.77. The van der Waals surface area contributed by atoms with Gasteiger partial charge in [-0.25, -0.2) is 0 Å². The highest BCUT2D eigenvalue weighted by Gasteiger charge is 2.43. The van der Waals surface area contributed by atoms with Crippen molar-refractivity contribution in [3.05, 3.63) is 17.0 Å². The van der Waals surface area contributed by atoms with Crippen LogP contribution in [0.4, 0.5) is 0 Å². The van der Waals surface area contributed by atoms with E-state index in [1.807, 2.05) is 0 Å². The maximum atomic E-state index is 4.70. The monoisotopic (exact) mass is 219 g/mol. The van der Waals surface area contributed by atoms with Crippen LogP contribution in [0.3, 0.4) is 0 Å². The summed E-state index contributed by atoms with van der Waals surface area (Å²) >= 11 is 0. The van der Waals surface area contributed by atoms with E-state index in [1.54, 1.807) is 11.3 Å². The molecule has 2 heterocycles. The summed E-state index contributed by atoms with van der Waals surface area (Å²) in [5.74, 6) is 0. The molecule has 1 N–H and O–H groups in total. The summed E-state index contributed by atoms with van der Waals surface area (Å²) in [6, 6.07) is 0. The van der Waals surface area contributed by atoms with E-state index in [-0.39, 0.29) is 0 Å². The van der Waals surface area contributed by atoms with Gasteiger partial charge in [0.2, 0.25) is 0 Å². The molecule has 1 spiro atoms. The fourth-order valence-electron chi connectivity index (χ4n) is 3.62. The van der Waals surface area contributed by atoms with Crippen LogP contribution < -0.4 is 5.32 Å². The number of nitrogens with one attached hydrogen (secondary N) is 1. The Bertz CT molecular complexity index is 400. The molecule has 0 unspecified atom stereocenters. The zero-order chi connectivity index (χ0) is 11.2. The van der Waals surface area contributed by atoms with E-state index in [2.05, 4.69) is 23.8 Å². The fraction of sp³-hybridized carbons (Fsp3) is 0.769. The minimum absolute atomic E-state index is 0.456. The van der Waals surface area contributed by atoms with Gasteiger partial charge in [-0.2, -0.15) is 5.10 Å². The topological polar surface area (TPSA) is 29.9 Å². The normalized spacial score (nSPS) is 22.6. The molecule has 0 atom stereocenters. The number of nitrogens with zero attached hydrogens (tertiary/aromatic N) is 2. The lowest BCUT2D eigenvalue weighted by molar-refractivity contribution is 0.287. The van der Waals surface area contributed by atoms with Crippen molar-refractivity contribution in [2.45, 2.75) is 51.5 Å². The van der Waals surface area contributed by atoms with E-state index in [9.17, 15) is 0 Å². The van der Waals surface area contributed by atoms with Gasteiger partial charge in [0.1, 0.15) is 0 Å². The average molecular weight is 219 g/mol. The van der Waals surface area contributed by atoms with Crippen molar-refractivity contribution in [1.82, 2.24) is 15.1 Å². The van der Waals surface area contributed by atoms with Crippen molar-refractivity contribution in [3.8, 4) is 0 Å². The molecule has 1 aliphatic carbocycles. The molecule has 3 rings (SSSR count). The lowest BCUT2D eigenvalue weighted by Crippen LogP contribution is -2.39. The highest BCUT2D eigenvalue weighted by Crippen LogP contribution is 2.45. The van der Waals surface area contributed by atoms with Gasteiger partial charge in [-0.1, -0.05) is 0 Å². The molecule has 0 saturated carbocycles. The number of hydrogen-bond donors (Lipinski definition) is 1. The molecule has 0 bridgehead atoms. The molecule has 0 aromatic carbocycles. The molecule has 3 nitrogen and oxygen atoms in total. The minimum atomic E-state index is 0.456. The lowest BCUT2D eigenvalue weighted by atomic mass is 9.76. The summed E-state index contributed by atoms with van der Waals surface area (Å²) in [5.41, 5.74) is 4.86. The van der Waals surface area contributed by atoms with Crippen LogP contribution in [0.2, 0.25) is 0 Å². The third-order valence-corrected chi connectivity index (χ3v) is 4.47. The van der Waals surface area contributed by atoms with Crippen molar-refractivity contribution in [2.75, 3.05) is 13.1 Å². The Balaban J connectivity index is 2.08. The van der Waals surface area contributed by atoms with Crippen LogP contribution in [0.25, 0.3) is 0 Å². The zero-order valence-corrected chi connectivity index (χ0v) is 10.3. The molecule has 1 aliphatic heterocycles. The number of aryl methyl sites for hydroxylation is 2. The van der Waals surface area contributed by atoms with E-state index in [1.165, 1.54) is 44.5 Å². The van der Waals surface area contributed by atoms with Crippen LogP contribution in [-0.4, -0.2) is 22.9 Å². The van der Waals surface area contributed by atoms with Crippen molar-refractivity contribution in [1.29, 1.82) is 0 Å². The van der Waals surface area contributed by atoms with Crippen LogP contribution in [0.1, 0.15) is 43.1 Å². The number of piperidine rings is 1. The largest absolute Gasteiger partial charge is 0.317 e. The van der Waals surface area contributed by atoms with Crippen LogP contribution in [-0.2, 0) is 18.4 Å². The number of rotatable bonds is 1. The molecule has 2 aliphatic rings. The number of fused-ring (bicyclic) bond motifs is 2. The quantitative estimate of drug-likeness (QED) is 0.780. The molecule has 0 radical (unpaired) electrons. The Kier molecular flexibility index (Phi) is 2.32. The summed E-state index contributed by atoms with van der Waals surface area (Å²) in [5, 5.41) is 8.18. The van der Waals surface area contributed by atoms with E-state index in [0.717, 1.165) is 6.54 Å². The Morgan fingerprint density at radius 3 is 2.75 bits per heavy atom. The predicted molar refractivity (Wildman–Crippen MR) is 64.7 cm³/mol. The molecular formula is C13H21N3. The standard InChI is InChI=1S/C13H21N3/c1-3-16-12-11(10(2)15-16)4-5-13(12)6-8-14-9-7-13/h14H,3-9H2,1-2H3. The summed E-state index contributed by atoms with van der Waals surface area (Å²) < 4.78 is 2.27. The lowest BCUT2D eigenvalue weighted by Gasteiger charge is -2.35. The highest BCUT2D eigenvalue weighted by molar-refractivity contribution is 5.38. The van der Waals surface area contributed by atoms with E-state index in [0.29, 0.717) is 5.41 Å². The molecule has 0 amide bonds. The van der Waals surface area contributed by atoms with Gasteiger partial charge >= 0.3 is 0 Å². The highest BCUT2D eigenvalue weighted by atomic mass is 15.3. The van der Waals surface area contributed by atoms with Gasteiger partial charge in [0.05, 0.1) is 5.69 Å². The van der Waals surface area contributed by atoms with Crippen LogP contribution in [0.5, 0.6) is 0 Å². The van der Waals surface area contributed by atoms with Crippen LogP contribution >= 0.6 is 0 Å². The van der Waals surface area contributed by atoms with Crippen molar-refractivity contribution in [3.63, 3.8) is 0 Å². The second kappa shape index (κ2) is 3.59. The van der Waals surface area contributed by atoms with Gasteiger partial charge in [0, 0.05) is 17.7 Å². The van der Waals surface area contributed by atoms with Gasteiger partial charge in [-0.05, 0) is 58.2 Å². The van der Waals surface area contributed by atoms with Gasteiger partial charge in [0.15, 0.2) is 0 Å².